The minimum Gasteiger partial charge on any atom is -0.355 e. The molecular weight excluding hydrogens is 461 g/mol. The summed E-state index contributed by atoms with van der Waals surface area (Å²) in [4.78, 5) is 15.9. The van der Waals surface area contributed by atoms with Gasteiger partial charge in [-0.25, -0.2) is 13.4 Å². The summed E-state index contributed by atoms with van der Waals surface area (Å²) in [6.07, 6.45) is -1.52. The Kier molecular flexibility index (Phi) is 6.36. The maximum absolute atomic E-state index is 13.7. The largest absolute Gasteiger partial charge is 0.419 e. The van der Waals surface area contributed by atoms with E-state index in [1.165, 1.54) is 23.9 Å². The molecule has 33 heavy (non-hydrogen) atoms. The van der Waals surface area contributed by atoms with Gasteiger partial charge in [-0.15, -0.1) is 0 Å². The second kappa shape index (κ2) is 8.73. The highest BCUT2D eigenvalue weighted by atomic mass is 32.2. The van der Waals surface area contributed by atoms with Crippen LogP contribution >= 0.6 is 0 Å². The number of anilines is 4. The molecule has 0 aliphatic heterocycles. The molecule has 0 saturated carbocycles. The average molecular weight is 482 g/mol. The maximum atomic E-state index is 13.7. The van der Waals surface area contributed by atoms with Crippen LogP contribution in [0.25, 0.3) is 0 Å². The number of nitrogens with one attached hydrogen (secondary N) is 3. The van der Waals surface area contributed by atoms with E-state index in [4.69, 9.17) is 0 Å². The summed E-state index contributed by atoms with van der Waals surface area (Å²) in [5, 5.41) is 12.0. The van der Waals surface area contributed by atoms with Gasteiger partial charge >= 0.3 is 6.18 Å². The molecule has 3 rings (SSSR count). The summed E-state index contributed by atoms with van der Waals surface area (Å²) in [5.74, 6) is -0.521. The second-order valence-electron chi connectivity index (χ2n) is 7.22. The summed E-state index contributed by atoms with van der Waals surface area (Å²) >= 11 is 0. The Bertz CT molecular complexity index is 1320. The average Bonchev–Trinajstić information content (AvgIpc) is 3.02. The van der Waals surface area contributed by atoms with Crippen LogP contribution in [0.15, 0.2) is 41.6 Å². The van der Waals surface area contributed by atoms with E-state index in [2.05, 4.69) is 26.0 Å². The van der Waals surface area contributed by atoms with Gasteiger partial charge in [0, 0.05) is 38.8 Å². The zero-order valence-corrected chi connectivity index (χ0v) is 18.9. The number of sulfone groups is 1. The Labute approximate surface area is 187 Å². The van der Waals surface area contributed by atoms with Gasteiger partial charge in [-0.1, -0.05) is 0 Å². The van der Waals surface area contributed by atoms with Gasteiger partial charge in [-0.2, -0.15) is 18.3 Å². The van der Waals surface area contributed by atoms with Crippen molar-refractivity contribution < 1.29 is 26.4 Å². The number of aryl methyl sites for hydroxylation is 2. The predicted molar refractivity (Wildman–Crippen MR) is 117 cm³/mol. The Balaban J connectivity index is 2.12. The molecule has 176 valence electrons. The fourth-order valence-corrected chi connectivity index (χ4v) is 3.70. The molecule has 2 heterocycles. The number of aromatic nitrogens is 3. The number of carbonyl (C=O) groups is 1. The molecule has 9 nitrogen and oxygen atoms in total. The molecule has 0 aliphatic carbocycles. The lowest BCUT2D eigenvalue weighted by Crippen LogP contribution is -2.20. The molecular formula is C20H21F3N6O3S. The summed E-state index contributed by atoms with van der Waals surface area (Å²) < 4.78 is 66.5. The van der Waals surface area contributed by atoms with E-state index in [9.17, 15) is 26.4 Å². The minimum absolute atomic E-state index is 0.0348. The van der Waals surface area contributed by atoms with Crippen molar-refractivity contribution in [2.75, 3.05) is 23.9 Å². The van der Waals surface area contributed by atoms with Gasteiger partial charge in [-0.3, -0.25) is 9.48 Å². The third kappa shape index (κ3) is 5.42. The number of halogens is 3. The third-order valence-electron chi connectivity index (χ3n) is 4.65. The molecule has 0 aliphatic rings. The molecule has 13 heteroatoms. The van der Waals surface area contributed by atoms with Gasteiger partial charge in [0.2, 0.25) is 0 Å². The van der Waals surface area contributed by atoms with Gasteiger partial charge in [0.05, 0.1) is 38.8 Å². The highest BCUT2D eigenvalue weighted by Gasteiger charge is 2.35. The first-order chi connectivity index (χ1) is 15.3. The number of hydrogen-bond acceptors (Lipinski definition) is 7. The van der Waals surface area contributed by atoms with Crippen molar-refractivity contribution in [1.82, 2.24) is 20.1 Å². The highest BCUT2D eigenvalue weighted by molar-refractivity contribution is 7.90. The standard InChI is InChI=1S/C20H21F3N6O3S/c1-11-17(10-29(3)28-11)27-18-8-16(14(9-25-18)20(21,22)23)26-15-7-12(33(4,31)32)5-6-13(15)19(30)24-2/h5-10H,1-4H3,(H,24,30)(H2,25,26,27). The van der Waals surface area contributed by atoms with Crippen LogP contribution in [0.3, 0.4) is 0 Å². The summed E-state index contributed by atoms with van der Waals surface area (Å²) in [5.41, 5.74) is -0.511. The number of benzene rings is 1. The molecule has 0 radical (unpaired) electrons. The molecule has 1 aromatic carbocycles. The molecule has 0 bridgehead atoms. The first-order valence-electron chi connectivity index (χ1n) is 9.47. The monoisotopic (exact) mass is 482 g/mol. The summed E-state index contributed by atoms with van der Waals surface area (Å²) in [7, 11) is -0.640. The lowest BCUT2D eigenvalue weighted by molar-refractivity contribution is -0.137. The van der Waals surface area contributed by atoms with Crippen molar-refractivity contribution in [3.05, 3.63) is 53.5 Å². The lowest BCUT2D eigenvalue weighted by Gasteiger charge is -2.18. The fraction of sp³-hybridized carbons (Fsp3) is 0.250. The van der Waals surface area contributed by atoms with Gasteiger partial charge in [-0.05, 0) is 25.1 Å². The van der Waals surface area contributed by atoms with E-state index in [1.54, 1.807) is 20.2 Å². The quantitative estimate of drug-likeness (QED) is 0.493. The maximum Gasteiger partial charge on any atom is 0.419 e. The van der Waals surface area contributed by atoms with Crippen LogP contribution in [0.1, 0.15) is 21.6 Å². The van der Waals surface area contributed by atoms with Crippen LogP contribution in [0, 0.1) is 6.92 Å². The number of hydrogen-bond donors (Lipinski definition) is 3. The number of alkyl halides is 3. The van der Waals surface area contributed by atoms with Crippen molar-refractivity contribution in [3.8, 4) is 0 Å². The van der Waals surface area contributed by atoms with Crippen LogP contribution in [0.4, 0.5) is 36.1 Å². The zero-order valence-electron chi connectivity index (χ0n) is 18.1. The Morgan fingerprint density at radius 1 is 1.09 bits per heavy atom. The zero-order chi connectivity index (χ0) is 24.6. The van der Waals surface area contributed by atoms with E-state index in [0.717, 1.165) is 18.4 Å². The fourth-order valence-electron chi connectivity index (χ4n) is 3.05. The van der Waals surface area contributed by atoms with E-state index >= 15 is 0 Å². The Hall–Kier alpha value is -3.61. The Morgan fingerprint density at radius 2 is 1.79 bits per heavy atom. The van der Waals surface area contributed by atoms with Crippen LogP contribution in [-0.2, 0) is 23.1 Å². The van der Waals surface area contributed by atoms with Crippen molar-refractivity contribution in [3.63, 3.8) is 0 Å². The minimum atomic E-state index is -4.76. The molecule has 0 atom stereocenters. The van der Waals surface area contributed by atoms with Crippen LogP contribution < -0.4 is 16.0 Å². The van der Waals surface area contributed by atoms with Gasteiger partial charge in [0.15, 0.2) is 9.84 Å². The molecule has 3 aromatic rings. The van der Waals surface area contributed by atoms with E-state index < -0.39 is 33.2 Å². The van der Waals surface area contributed by atoms with Gasteiger partial charge in [0.1, 0.15) is 5.82 Å². The van der Waals surface area contributed by atoms with E-state index in [1.807, 2.05) is 0 Å². The van der Waals surface area contributed by atoms with Crippen LogP contribution in [-0.4, -0.2) is 42.4 Å². The molecule has 3 N–H and O–H groups in total. The van der Waals surface area contributed by atoms with Gasteiger partial charge in [0.25, 0.3) is 5.91 Å². The first-order valence-corrected chi connectivity index (χ1v) is 11.4. The molecule has 2 aromatic heterocycles. The van der Waals surface area contributed by atoms with Crippen LogP contribution in [0.5, 0.6) is 0 Å². The van der Waals surface area contributed by atoms with Gasteiger partial charge < -0.3 is 16.0 Å². The molecule has 0 fully saturated rings. The summed E-state index contributed by atoms with van der Waals surface area (Å²) in [6.45, 7) is 1.72. The smallest absolute Gasteiger partial charge is 0.355 e. The number of carbonyl (C=O) groups excluding carboxylic acids is 1. The first kappa shape index (κ1) is 24.0. The van der Waals surface area contributed by atoms with E-state index in [-0.39, 0.29) is 22.0 Å². The molecule has 0 spiro atoms. The molecule has 0 unspecified atom stereocenters. The number of nitrogens with zero attached hydrogens (tertiary/aromatic N) is 3. The topological polar surface area (TPSA) is 118 Å². The van der Waals surface area contributed by atoms with Crippen molar-refractivity contribution in [2.45, 2.75) is 18.0 Å². The van der Waals surface area contributed by atoms with Crippen molar-refractivity contribution in [2.24, 2.45) is 7.05 Å². The highest BCUT2D eigenvalue weighted by Crippen LogP contribution is 2.38. The second-order valence-corrected chi connectivity index (χ2v) is 9.24. The van der Waals surface area contributed by atoms with Crippen molar-refractivity contribution >= 4 is 38.6 Å². The van der Waals surface area contributed by atoms with Crippen molar-refractivity contribution in [1.29, 1.82) is 0 Å². The lowest BCUT2D eigenvalue weighted by atomic mass is 10.1. The third-order valence-corrected chi connectivity index (χ3v) is 5.76. The normalized spacial score (nSPS) is 11.8. The SMILES string of the molecule is CNC(=O)c1ccc(S(C)(=O)=O)cc1Nc1cc(Nc2cn(C)nc2C)ncc1C(F)(F)F. The molecule has 0 saturated heterocycles. The number of amides is 1. The number of pyridine rings is 1. The number of rotatable bonds is 6. The van der Waals surface area contributed by atoms with Crippen LogP contribution in [0.2, 0.25) is 0 Å². The summed E-state index contributed by atoms with van der Waals surface area (Å²) in [6, 6.07) is 4.67. The predicted octanol–water partition coefficient (Wildman–Crippen LogP) is 3.39. The molecule has 1 amide bonds. The Morgan fingerprint density at radius 3 is 2.33 bits per heavy atom. The van der Waals surface area contributed by atoms with E-state index in [0.29, 0.717) is 17.6 Å².